The fourth-order valence-corrected chi connectivity index (χ4v) is 3.16. The molecule has 0 bridgehead atoms. The van der Waals surface area contributed by atoms with Crippen molar-refractivity contribution in [3.05, 3.63) is 74.3 Å². The van der Waals surface area contributed by atoms with E-state index in [0.717, 1.165) is 16.5 Å². The van der Waals surface area contributed by atoms with E-state index in [1.165, 1.54) is 6.07 Å². The topological polar surface area (TPSA) is 98.1 Å². The number of aromatic nitrogens is 2. The molecule has 1 atom stereocenters. The van der Waals surface area contributed by atoms with Gasteiger partial charge in [0, 0.05) is 11.6 Å². The van der Waals surface area contributed by atoms with E-state index in [-0.39, 0.29) is 34.9 Å². The van der Waals surface area contributed by atoms with Crippen molar-refractivity contribution in [2.24, 2.45) is 5.73 Å². The van der Waals surface area contributed by atoms with E-state index in [1.807, 2.05) is 18.2 Å². The standard InChI is InChI=1S/C19H17Cl2N3O3.ClH/c20-16-8-12(9-17(21)24-16)10-27-19(26)14(22)4-1-11-2-5-15-13(7-11)3-6-18(25)23-15;/h2-3,5-9,14H,1,4,10,22H2,(H,23,25);1H/t14-;/m0./s1. The van der Waals surface area contributed by atoms with Crippen LogP contribution in [-0.2, 0) is 22.6 Å². The average Bonchev–Trinajstić information content (AvgIpc) is 2.63. The van der Waals surface area contributed by atoms with Gasteiger partial charge in [0.2, 0.25) is 5.56 Å². The van der Waals surface area contributed by atoms with Gasteiger partial charge in [-0.15, -0.1) is 12.4 Å². The molecule has 0 unspecified atom stereocenters. The maximum Gasteiger partial charge on any atom is 0.323 e. The molecule has 0 saturated carbocycles. The molecule has 2 aromatic heterocycles. The molecular formula is C19H18Cl3N3O3. The maximum absolute atomic E-state index is 12.1. The van der Waals surface area contributed by atoms with E-state index in [0.29, 0.717) is 18.4 Å². The molecule has 3 N–H and O–H groups in total. The molecule has 6 nitrogen and oxygen atoms in total. The molecule has 2 heterocycles. The molecule has 3 aromatic rings. The molecule has 0 aliphatic heterocycles. The van der Waals surface area contributed by atoms with Crippen LogP contribution in [0.15, 0.2) is 47.3 Å². The molecule has 0 radical (unpaired) electrons. The third kappa shape index (κ3) is 5.94. The zero-order chi connectivity index (χ0) is 19.4. The zero-order valence-corrected chi connectivity index (χ0v) is 17.0. The lowest BCUT2D eigenvalue weighted by atomic mass is 10.0. The number of nitrogens with two attached hydrogens (primary N) is 1. The third-order valence-corrected chi connectivity index (χ3v) is 4.43. The summed E-state index contributed by atoms with van der Waals surface area (Å²) < 4.78 is 5.22. The van der Waals surface area contributed by atoms with Crippen LogP contribution in [0.1, 0.15) is 17.5 Å². The lowest BCUT2D eigenvalue weighted by Gasteiger charge is -2.12. The Morgan fingerprint density at radius 1 is 1.11 bits per heavy atom. The number of benzene rings is 1. The minimum atomic E-state index is -0.746. The quantitative estimate of drug-likeness (QED) is 0.448. The monoisotopic (exact) mass is 441 g/mol. The third-order valence-electron chi connectivity index (χ3n) is 4.04. The van der Waals surface area contributed by atoms with Crippen LogP contribution in [0, 0.1) is 0 Å². The molecule has 9 heteroatoms. The zero-order valence-electron chi connectivity index (χ0n) is 14.7. The molecule has 0 fully saturated rings. The summed E-state index contributed by atoms with van der Waals surface area (Å²) in [5, 5.41) is 1.39. The Labute approximate surface area is 177 Å². The van der Waals surface area contributed by atoms with E-state index in [2.05, 4.69) is 9.97 Å². The highest BCUT2D eigenvalue weighted by Crippen LogP contribution is 2.16. The number of hydrogen-bond acceptors (Lipinski definition) is 5. The molecular weight excluding hydrogens is 425 g/mol. The van der Waals surface area contributed by atoms with Gasteiger partial charge in [-0.1, -0.05) is 29.3 Å². The summed E-state index contributed by atoms with van der Waals surface area (Å²) in [5.74, 6) is -0.496. The summed E-state index contributed by atoms with van der Waals surface area (Å²) in [7, 11) is 0. The van der Waals surface area contributed by atoms with E-state index in [9.17, 15) is 9.59 Å². The Kier molecular flexibility index (Phi) is 7.83. The second-order valence-corrected chi connectivity index (χ2v) is 6.89. The van der Waals surface area contributed by atoms with E-state index >= 15 is 0 Å². The van der Waals surface area contributed by atoms with Gasteiger partial charge in [-0.2, -0.15) is 0 Å². The summed E-state index contributed by atoms with van der Waals surface area (Å²) in [4.78, 5) is 30.0. The number of carbonyl (C=O) groups excluding carboxylic acids is 1. The Balaban J connectivity index is 0.00000280. The SMILES string of the molecule is Cl.N[C@@H](CCc1ccc2[nH]c(=O)ccc2c1)C(=O)OCc1cc(Cl)nc(Cl)c1. The van der Waals surface area contributed by atoms with Gasteiger partial charge in [0.15, 0.2) is 0 Å². The highest BCUT2D eigenvalue weighted by molar-refractivity contribution is 6.32. The number of hydrogen-bond donors (Lipinski definition) is 2. The number of ether oxygens (including phenoxy) is 1. The van der Waals surface area contributed by atoms with Crippen molar-refractivity contribution in [3.63, 3.8) is 0 Å². The minimum Gasteiger partial charge on any atom is -0.460 e. The smallest absolute Gasteiger partial charge is 0.323 e. The summed E-state index contributed by atoms with van der Waals surface area (Å²) in [5.41, 5.74) is 8.22. The number of H-pyrrole nitrogens is 1. The van der Waals surface area contributed by atoms with Crippen LogP contribution in [-0.4, -0.2) is 22.0 Å². The largest absolute Gasteiger partial charge is 0.460 e. The summed E-state index contributed by atoms with van der Waals surface area (Å²) in [6.45, 7) is 0.0256. The van der Waals surface area contributed by atoms with Crippen LogP contribution >= 0.6 is 35.6 Å². The van der Waals surface area contributed by atoms with Crippen LogP contribution < -0.4 is 11.3 Å². The first-order valence-corrected chi connectivity index (χ1v) is 9.02. The summed E-state index contributed by atoms with van der Waals surface area (Å²) in [6.07, 6.45) is 1.05. The number of aryl methyl sites for hydroxylation is 1. The Morgan fingerprint density at radius 3 is 2.54 bits per heavy atom. The molecule has 0 spiro atoms. The van der Waals surface area contributed by atoms with Gasteiger partial charge >= 0.3 is 5.97 Å². The van der Waals surface area contributed by atoms with Crippen LogP contribution in [0.3, 0.4) is 0 Å². The number of nitrogens with zero attached hydrogens (tertiary/aromatic N) is 1. The first kappa shape index (κ1) is 22.2. The molecule has 0 saturated heterocycles. The van der Waals surface area contributed by atoms with Gasteiger partial charge < -0.3 is 15.5 Å². The highest BCUT2D eigenvalue weighted by Gasteiger charge is 2.15. The van der Waals surface area contributed by atoms with Crippen molar-refractivity contribution in [1.82, 2.24) is 9.97 Å². The molecule has 0 amide bonds. The van der Waals surface area contributed by atoms with Gasteiger partial charge in [0.1, 0.15) is 23.0 Å². The van der Waals surface area contributed by atoms with Gasteiger partial charge in [0.05, 0.1) is 0 Å². The van der Waals surface area contributed by atoms with Gasteiger partial charge in [-0.05, 0) is 59.7 Å². The van der Waals surface area contributed by atoms with Crippen molar-refractivity contribution in [3.8, 4) is 0 Å². The summed E-state index contributed by atoms with van der Waals surface area (Å²) in [6, 6.07) is 11.3. The van der Waals surface area contributed by atoms with Crippen LogP contribution in [0.25, 0.3) is 10.9 Å². The number of rotatable bonds is 6. The van der Waals surface area contributed by atoms with Crippen molar-refractivity contribution in [2.45, 2.75) is 25.5 Å². The number of aromatic amines is 1. The van der Waals surface area contributed by atoms with Gasteiger partial charge in [-0.25, -0.2) is 4.98 Å². The van der Waals surface area contributed by atoms with Gasteiger partial charge in [0.25, 0.3) is 0 Å². The second kappa shape index (κ2) is 9.89. The van der Waals surface area contributed by atoms with Crippen molar-refractivity contribution >= 4 is 52.5 Å². The molecule has 0 aliphatic carbocycles. The number of fused-ring (bicyclic) bond motifs is 1. The Bertz CT molecular complexity index is 1020. The van der Waals surface area contributed by atoms with Crippen LogP contribution in [0.2, 0.25) is 10.3 Å². The fraction of sp³-hybridized carbons (Fsp3) is 0.211. The van der Waals surface area contributed by atoms with Crippen LogP contribution in [0.4, 0.5) is 0 Å². The first-order chi connectivity index (χ1) is 12.9. The molecule has 28 heavy (non-hydrogen) atoms. The maximum atomic E-state index is 12.1. The Morgan fingerprint density at radius 2 is 1.82 bits per heavy atom. The molecule has 3 rings (SSSR count). The predicted molar refractivity (Wildman–Crippen MR) is 112 cm³/mol. The lowest BCUT2D eigenvalue weighted by molar-refractivity contribution is -0.146. The van der Waals surface area contributed by atoms with E-state index < -0.39 is 12.0 Å². The number of halogens is 3. The lowest BCUT2D eigenvalue weighted by Crippen LogP contribution is -2.32. The fourth-order valence-electron chi connectivity index (χ4n) is 2.66. The first-order valence-electron chi connectivity index (χ1n) is 8.27. The number of esters is 1. The molecule has 1 aromatic carbocycles. The number of pyridine rings is 2. The normalized spacial score (nSPS) is 11.7. The minimum absolute atomic E-state index is 0. The predicted octanol–water partition coefficient (Wildman–Crippen LogP) is 3.66. The van der Waals surface area contributed by atoms with Crippen molar-refractivity contribution in [1.29, 1.82) is 0 Å². The van der Waals surface area contributed by atoms with E-state index in [4.69, 9.17) is 33.7 Å². The summed E-state index contributed by atoms with van der Waals surface area (Å²) >= 11 is 11.6. The Hall–Kier alpha value is -2.12. The average molecular weight is 443 g/mol. The second-order valence-electron chi connectivity index (χ2n) is 6.12. The van der Waals surface area contributed by atoms with Crippen molar-refractivity contribution < 1.29 is 9.53 Å². The number of carbonyl (C=O) groups is 1. The van der Waals surface area contributed by atoms with Crippen molar-refractivity contribution in [2.75, 3.05) is 0 Å². The molecule has 148 valence electrons. The highest BCUT2D eigenvalue weighted by atomic mass is 35.5. The van der Waals surface area contributed by atoms with Crippen LogP contribution in [0.5, 0.6) is 0 Å². The number of nitrogens with one attached hydrogen (secondary N) is 1. The molecule has 0 aliphatic rings. The van der Waals surface area contributed by atoms with Gasteiger partial charge in [-0.3, -0.25) is 9.59 Å². The van der Waals surface area contributed by atoms with E-state index in [1.54, 1.807) is 18.2 Å².